The predicted molar refractivity (Wildman–Crippen MR) is 119 cm³/mol. The Hall–Kier alpha value is -3.97. The second-order valence-corrected chi connectivity index (χ2v) is 7.27. The molecule has 0 saturated heterocycles. The van der Waals surface area contributed by atoms with Crippen LogP contribution in [0, 0.1) is 0 Å². The Labute approximate surface area is 185 Å². The minimum atomic E-state index is -0.854. The second-order valence-electron chi connectivity index (χ2n) is 7.27. The maximum atomic E-state index is 12.9. The van der Waals surface area contributed by atoms with Crippen LogP contribution in [0.2, 0.25) is 0 Å². The molecule has 7 nitrogen and oxygen atoms in total. The number of nitrogens with zero attached hydrogens (tertiary/aromatic N) is 1. The third kappa shape index (κ3) is 4.10. The molecule has 1 heterocycles. The molecule has 7 heteroatoms. The van der Waals surface area contributed by atoms with Crippen molar-refractivity contribution in [2.24, 2.45) is 0 Å². The fourth-order valence-electron chi connectivity index (χ4n) is 3.56. The van der Waals surface area contributed by atoms with E-state index in [9.17, 15) is 19.5 Å². The molecule has 3 aromatic carbocycles. The Morgan fingerprint density at radius 2 is 1.66 bits per heavy atom. The first kappa shape index (κ1) is 21.3. The van der Waals surface area contributed by atoms with Crippen molar-refractivity contribution >= 4 is 23.4 Å². The van der Waals surface area contributed by atoms with Crippen molar-refractivity contribution in [1.82, 2.24) is 5.32 Å². The number of anilines is 1. The van der Waals surface area contributed by atoms with Gasteiger partial charge in [-0.1, -0.05) is 30.3 Å². The summed E-state index contributed by atoms with van der Waals surface area (Å²) < 4.78 is 5.40. The van der Waals surface area contributed by atoms with Crippen LogP contribution < -0.4 is 15.0 Å². The Bertz CT molecular complexity index is 1160. The number of nitrogens with one attached hydrogen (secondary N) is 1. The molecule has 2 N–H and O–H groups in total. The molecule has 1 aliphatic rings. The summed E-state index contributed by atoms with van der Waals surface area (Å²) >= 11 is 0. The fourth-order valence-corrected chi connectivity index (χ4v) is 3.56. The van der Waals surface area contributed by atoms with E-state index in [1.807, 2.05) is 13.0 Å². The van der Waals surface area contributed by atoms with Gasteiger partial charge < -0.3 is 15.2 Å². The molecule has 32 heavy (non-hydrogen) atoms. The monoisotopic (exact) mass is 430 g/mol. The molecule has 4 rings (SSSR count). The highest BCUT2D eigenvalue weighted by Gasteiger charge is 2.37. The number of aliphatic hydroxyl groups is 1. The van der Waals surface area contributed by atoms with Gasteiger partial charge in [0, 0.05) is 12.1 Å². The van der Waals surface area contributed by atoms with Crippen LogP contribution >= 0.6 is 0 Å². The van der Waals surface area contributed by atoms with E-state index in [1.165, 1.54) is 18.2 Å². The molecule has 0 saturated carbocycles. The first-order chi connectivity index (χ1) is 15.5. The quantitative estimate of drug-likeness (QED) is 0.561. The molecular formula is C25H22N2O5. The van der Waals surface area contributed by atoms with Gasteiger partial charge in [0.15, 0.2) is 0 Å². The van der Waals surface area contributed by atoms with Gasteiger partial charge in [0.05, 0.1) is 29.5 Å². The van der Waals surface area contributed by atoms with Crippen molar-refractivity contribution < 1.29 is 24.2 Å². The molecule has 0 aliphatic carbocycles. The molecule has 162 valence electrons. The van der Waals surface area contributed by atoms with Crippen molar-refractivity contribution in [3.8, 4) is 5.75 Å². The van der Waals surface area contributed by atoms with Crippen LogP contribution in [0.5, 0.6) is 5.75 Å². The summed E-state index contributed by atoms with van der Waals surface area (Å²) in [7, 11) is 0. The number of carbonyl (C=O) groups is 3. The number of benzene rings is 3. The summed E-state index contributed by atoms with van der Waals surface area (Å²) in [5.74, 6) is -0.735. The van der Waals surface area contributed by atoms with Gasteiger partial charge in [-0.2, -0.15) is 0 Å². The number of amides is 3. The summed E-state index contributed by atoms with van der Waals surface area (Å²) in [6.07, 6.45) is -0.854. The number of fused-ring (bicyclic) bond motifs is 1. The van der Waals surface area contributed by atoms with Crippen LogP contribution in [-0.2, 0) is 0 Å². The van der Waals surface area contributed by atoms with E-state index >= 15 is 0 Å². The predicted octanol–water partition coefficient (Wildman–Crippen LogP) is 3.35. The number of ether oxygens (including phenoxy) is 1. The minimum absolute atomic E-state index is 0.0190. The zero-order chi connectivity index (χ0) is 22.7. The van der Waals surface area contributed by atoms with Crippen LogP contribution in [0.1, 0.15) is 49.7 Å². The van der Waals surface area contributed by atoms with Crippen LogP contribution in [0.15, 0.2) is 72.8 Å². The van der Waals surface area contributed by atoms with E-state index in [0.717, 1.165) is 4.90 Å². The van der Waals surface area contributed by atoms with Gasteiger partial charge in [0.2, 0.25) is 0 Å². The SMILES string of the molecule is CCOc1ccc(N2C(=O)c3ccc(C(=O)NCC(O)c4ccccc4)cc3C2=O)cc1. The topological polar surface area (TPSA) is 95.9 Å². The summed E-state index contributed by atoms with van der Waals surface area (Å²) in [5, 5.41) is 12.9. The Morgan fingerprint density at radius 1 is 0.969 bits per heavy atom. The van der Waals surface area contributed by atoms with Gasteiger partial charge >= 0.3 is 0 Å². The highest BCUT2D eigenvalue weighted by molar-refractivity contribution is 6.34. The van der Waals surface area contributed by atoms with Gasteiger partial charge in [-0.25, -0.2) is 4.90 Å². The maximum absolute atomic E-state index is 12.9. The molecule has 3 amide bonds. The molecule has 3 aromatic rings. The highest BCUT2D eigenvalue weighted by Crippen LogP contribution is 2.30. The van der Waals surface area contributed by atoms with Crippen LogP contribution in [0.3, 0.4) is 0 Å². The third-order valence-electron chi connectivity index (χ3n) is 5.19. The standard InChI is InChI=1S/C25H22N2O5/c1-2-32-19-11-9-18(10-12-19)27-24(30)20-13-8-17(14-21(20)25(27)31)23(29)26-15-22(28)16-6-4-3-5-7-16/h3-14,22,28H,2,15H2,1H3,(H,26,29). The fraction of sp³-hybridized carbons (Fsp3) is 0.160. The third-order valence-corrected chi connectivity index (χ3v) is 5.19. The molecule has 0 aromatic heterocycles. The summed E-state index contributed by atoms with van der Waals surface area (Å²) in [6.45, 7) is 2.40. The number of hydrogen-bond donors (Lipinski definition) is 2. The van der Waals surface area contributed by atoms with Crippen molar-refractivity contribution in [2.75, 3.05) is 18.1 Å². The lowest BCUT2D eigenvalue weighted by molar-refractivity contribution is 0.0912. The molecule has 0 bridgehead atoms. The molecule has 0 spiro atoms. The number of aliphatic hydroxyl groups excluding tert-OH is 1. The average molecular weight is 430 g/mol. The Balaban J connectivity index is 1.49. The van der Waals surface area contributed by atoms with E-state index in [2.05, 4.69) is 5.32 Å². The van der Waals surface area contributed by atoms with E-state index in [4.69, 9.17) is 4.74 Å². The van der Waals surface area contributed by atoms with E-state index in [-0.39, 0.29) is 23.2 Å². The lowest BCUT2D eigenvalue weighted by atomic mass is 10.0. The van der Waals surface area contributed by atoms with E-state index in [1.54, 1.807) is 48.5 Å². The Morgan fingerprint density at radius 3 is 2.34 bits per heavy atom. The highest BCUT2D eigenvalue weighted by atomic mass is 16.5. The number of hydrogen-bond acceptors (Lipinski definition) is 5. The largest absolute Gasteiger partial charge is 0.494 e. The lowest BCUT2D eigenvalue weighted by Gasteiger charge is -2.14. The number of imide groups is 1. The van der Waals surface area contributed by atoms with Crippen LogP contribution in [0.25, 0.3) is 0 Å². The normalized spacial score (nSPS) is 13.6. The smallest absolute Gasteiger partial charge is 0.266 e. The first-order valence-electron chi connectivity index (χ1n) is 10.3. The van der Waals surface area contributed by atoms with Crippen LogP contribution in [0.4, 0.5) is 5.69 Å². The van der Waals surface area contributed by atoms with Crippen molar-refractivity contribution in [1.29, 1.82) is 0 Å². The van der Waals surface area contributed by atoms with E-state index < -0.39 is 23.8 Å². The summed E-state index contributed by atoms with van der Waals surface area (Å²) in [5.41, 5.74) is 1.76. The van der Waals surface area contributed by atoms with Gasteiger partial charge in [-0.05, 0) is 55.0 Å². The number of rotatable bonds is 7. The second kappa shape index (κ2) is 9.03. The van der Waals surface area contributed by atoms with Crippen molar-refractivity contribution in [3.63, 3.8) is 0 Å². The van der Waals surface area contributed by atoms with Gasteiger partial charge in [0.25, 0.3) is 17.7 Å². The van der Waals surface area contributed by atoms with E-state index in [0.29, 0.717) is 23.6 Å². The average Bonchev–Trinajstić information content (AvgIpc) is 3.08. The zero-order valence-electron chi connectivity index (χ0n) is 17.4. The van der Waals surface area contributed by atoms with Gasteiger partial charge in [-0.15, -0.1) is 0 Å². The molecule has 1 aliphatic heterocycles. The summed E-state index contributed by atoms with van der Waals surface area (Å²) in [4.78, 5) is 39.4. The zero-order valence-corrected chi connectivity index (χ0v) is 17.4. The lowest BCUT2D eigenvalue weighted by Crippen LogP contribution is -2.29. The maximum Gasteiger partial charge on any atom is 0.266 e. The molecule has 1 unspecified atom stereocenters. The Kier molecular flexibility index (Phi) is 6.00. The van der Waals surface area contributed by atoms with Gasteiger partial charge in [-0.3, -0.25) is 14.4 Å². The van der Waals surface area contributed by atoms with Crippen LogP contribution in [-0.4, -0.2) is 36.0 Å². The molecule has 1 atom stereocenters. The summed E-state index contributed by atoms with van der Waals surface area (Å²) in [6, 6.07) is 20.1. The molecular weight excluding hydrogens is 408 g/mol. The number of carbonyl (C=O) groups excluding carboxylic acids is 3. The van der Waals surface area contributed by atoms with Crippen molar-refractivity contribution in [2.45, 2.75) is 13.0 Å². The van der Waals surface area contributed by atoms with Crippen molar-refractivity contribution in [3.05, 3.63) is 95.1 Å². The van der Waals surface area contributed by atoms with Gasteiger partial charge in [0.1, 0.15) is 5.75 Å². The minimum Gasteiger partial charge on any atom is -0.494 e. The molecule has 0 fully saturated rings. The molecule has 0 radical (unpaired) electrons. The first-order valence-corrected chi connectivity index (χ1v) is 10.3.